The minimum absolute atomic E-state index is 0.0576. The van der Waals surface area contributed by atoms with Crippen LogP contribution in [0.15, 0.2) is 54.6 Å². The molecule has 0 spiro atoms. The molecule has 1 atom stereocenters. The topological polar surface area (TPSA) is 43.1 Å². The van der Waals surface area contributed by atoms with Crippen molar-refractivity contribution in [1.82, 2.24) is 0 Å². The summed E-state index contributed by atoms with van der Waals surface area (Å²) in [6.45, 7) is 6.41. The summed E-state index contributed by atoms with van der Waals surface area (Å²) in [6, 6.07) is 16.7. The second kappa shape index (κ2) is 6.08. The van der Waals surface area contributed by atoms with Crippen LogP contribution in [0.2, 0.25) is 0 Å². The SMILES string of the molecule is CC(C)(C)c1ccc(C(Cc2ccccc2)[N+](=O)[O-])cc1. The number of nitrogens with zero attached hydrogens (tertiary/aromatic N) is 1. The van der Waals surface area contributed by atoms with Gasteiger partial charge in [0.05, 0.1) is 0 Å². The molecule has 2 rings (SSSR count). The molecule has 0 aliphatic rings. The lowest BCUT2D eigenvalue weighted by Crippen LogP contribution is -2.15. The fourth-order valence-corrected chi connectivity index (χ4v) is 2.36. The van der Waals surface area contributed by atoms with Crippen LogP contribution >= 0.6 is 0 Å². The molecule has 0 radical (unpaired) electrons. The maximum absolute atomic E-state index is 11.4. The molecule has 0 aliphatic heterocycles. The van der Waals surface area contributed by atoms with E-state index in [-0.39, 0.29) is 10.3 Å². The van der Waals surface area contributed by atoms with Crippen molar-refractivity contribution in [3.63, 3.8) is 0 Å². The van der Waals surface area contributed by atoms with Crippen LogP contribution in [0.5, 0.6) is 0 Å². The first-order valence-corrected chi connectivity index (χ1v) is 7.16. The van der Waals surface area contributed by atoms with E-state index in [9.17, 15) is 10.1 Å². The predicted octanol–water partition coefficient (Wildman–Crippen LogP) is 4.54. The Kier molecular flexibility index (Phi) is 4.41. The van der Waals surface area contributed by atoms with Gasteiger partial charge in [0.15, 0.2) is 0 Å². The van der Waals surface area contributed by atoms with E-state index in [2.05, 4.69) is 20.8 Å². The Morgan fingerprint density at radius 3 is 2.05 bits per heavy atom. The molecule has 3 heteroatoms. The summed E-state index contributed by atoms with van der Waals surface area (Å²) in [5.41, 5.74) is 2.99. The van der Waals surface area contributed by atoms with Crippen molar-refractivity contribution < 1.29 is 4.92 Å². The first-order chi connectivity index (χ1) is 9.88. The van der Waals surface area contributed by atoms with Crippen molar-refractivity contribution in [2.75, 3.05) is 0 Å². The van der Waals surface area contributed by atoms with Crippen molar-refractivity contribution in [3.8, 4) is 0 Å². The second-order valence-electron chi connectivity index (χ2n) is 6.36. The quantitative estimate of drug-likeness (QED) is 0.610. The van der Waals surface area contributed by atoms with Crippen molar-refractivity contribution in [2.24, 2.45) is 0 Å². The zero-order valence-corrected chi connectivity index (χ0v) is 12.7. The molecule has 110 valence electrons. The molecule has 0 aromatic heterocycles. The number of nitro groups is 1. The molecule has 0 N–H and O–H groups in total. The Morgan fingerprint density at radius 2 is 1.57 bits per heavy atom. The zero-order chi connectivity index (χ0) is 15.5. The lowest BCUT2D eigenvalue weighted by atomic mass is 9.86. The highest BCUT2D eigenvalue weighted by atomic mass is 16.6. The molecular weight excluding hydrogens is 262 g/mol. The van der Waals surface area contributed by atoms with Crippen LogP contribution in [0.4, 0.5) is 0 Å². The summed E-state index contributed by atoms with van der Waals surface area (Å²) in [5, 5.41) is 11.4. The van der Waals surface area contributed by atoms with Gasteiger partial charge in [0.1, 0.15) is 0 Å². The summed E-state index contributed by atoms with van der Waals surface area (Å²) in [6.07, 6.45) is 0.419. The molecular formula is C18H21NO2. The van der Waals surface area contributed by atoms with E-state index in [0.29, 0.717) is 6.42 Å². The fraction of sp³-hybridized carbons (Fsp3) is 0.333. The highest BCUT2D eigenvalue weighted by molar-refractivity contribution is 5.29. The van der Waals surface area contributed by atoms with E-state index in [0.717, 1.165) is 11.1 Å². The van der Waals surface area contributed by atoms with Gasteiger partial charge >= 0.3 is 0 Å². The van der Waals surface area contributed by atoms with Gasteiger partial charge in [-0.15, -0.1) is 0 Å². The molecule has 0 saturated heterocycles. The van der Waals surface area contributed by atoms with Gasteiger partial charge < -0.3 is 0 Å². The van der Waals surface area contributed by atoms with Crippen LogP contribution in [0, 0.1) is 10.1 Å². The van der Waals surface area contributed by atoms with Crippen molar-refractivity contribution >= 4 is 0 Å². The molecule has 0 heterocycles. The van der Waals surface area contributed by atoms with Crippen molar-refractivity contribution in [2.45, 2.75) is 38.6 Å². The zero-order valence-electron chi connectivity index (χ0n) is 12.7. The molecule has 3 nitrogen and oxygen atoms in total. The van der Waals surface area contributed by atoms with Crippen molar-refractivity contribution in [3.05, 3.63) is 81.4 Å². The van der Waals surface area contributed by atoms with E-state index in [1.165, 1.54) is 5.56 Å². The van der Waals surface area contributed by atoms with Gasteiger partial charge in [0.25, 0.3) is 0 Å². The molecule has 21 heavy (non-hydrogen) atoms. The molecule has 0 bridgehead atoms. The van der Waals surface area contributed by atoms with Gasteiger partial charge in [0, 0.05) is 16.9 Å². The Bertz CT molecular complexity index is 597. The van der Waals surface area contributed by atoms with E-state index in [1.807, 2.05) is 54.6 Å². The van der Waals surface area contributed by atoms with Gasteiger partial charge in [-0.2, -0.15) is 0 Å². The third-order valence-corrected chi connectivity index (χ3v) is 3.69. The third-order valence-electron chi connectivity index (χ3n) is 3.69. The maximum atomic E-state index is 11.4. The highest BCUT2D eigenvalue weighted by Crippen LogP contribution is 2.26. The van der Waals surface area contributed by atoms with Crippen molar-refractivity contribution in [1.29, 1.82) is 0 Å². The molecule has 2 aromatic rings. The standard InChI is InChI=1S/C18H21NO2/c1-18(2,3)16-11-9-15(10-12-16)17(19(20)21)13-14-7-5-4-6-8-14/h4-12,17H,13H2,1-3H3. The molecule has 0 fully saturated rings. The number of hydrogen-bond donors (Lipinski definition) is 0. The highest BCUT2D eigenvalue weighted by Gasteiger charge is 2.24. The van der Waals surface area contributed by atoms with E-state index in [1.54, 1.807) is 0 Å². The van der Waals surface area contributed by atoms with Crippen LogP contribution < -0.4 is 0 Å². The second-order valence-corrected chi connectivity index (χ2v) is 6.36. The maximum Gasteiger partial charge on any atom is 0.242 e. The average molecular weight is 283 g/mol. The molecule has 0 aliphatic carbocycles. The summed E-state index contributed by atoms with van der Waals surface area (Å²) >= 11 is 0. The van der Waals surface area contributed by atoms with E-state index >= 15 is 0 Å². The molecule has 0 amide bonds. The fourth-order valence-electron chi connectivity index (χ4n) is 2.36. The molecule has 1 unspecified atom stereocenters. The van der Waals surface area contributed by atoms with Gasteiger partial charge in [0.2, 0.25) is 6.04 Å². The summed E-state index contributed by atoms with van der Waals surface area (Å²) in [4.78, 5) is 11.2. The van der Waals surface area contributed by atoms with E-state index in [4.69, 9.17) is 0 Å². The summed E-state index contributed by atoms with van der Waals surface area (Å²) < 4.78 is 0. The number of hydrogen-bond acceptors (Lipinski definition) is 2. The number of rotatable bonds is 4. The average Bonchev–Trinajstić information content (AvgIpc) is 2.45. The van der Waals surface area contributed by atoms with Crippen LogP contribution in [-0.2, 0) is 11.8 Å². The van der Waals surface area contributed by atoms with Crippen LogP contribution in [0.3, 0.4) is 0 Å². The minimum Gasteiger partial charge on any atom is -0.264 e. The Labute approximate surface area is 125 Å². The van der Waals surface area contributed by atoms with Crippen LogP contribution in [-0.4, -0.2) is 4.92 Å². The Hall–Kier alpha value is -2.16. The summed E-state index contributed by atoms with van der Waals surface area (Å²) in [5.74, 6) is 0. The van der Waals surface area contributed by atoms with Gasteiger partial charge in [-0.05, 0) is 16.5 Å². The third kappa shape index (κ3) is 3.91. The minimum atomic E-state index is -0.693. The lowest BCUT2D eigenvalue weighted by Gasteiger charge is -2.19. The summed E-state index contributed by atoms with van der Waals surface area (Å²) in [7, 11) is 0. The first kappa shape index (κ1) is 15.2. The van der Waals surface area contributed by atoms with Gasteiger partial charge in [-0.3, -0.25) is 10.1 Å². The monoisotopic (exact) mass is 283 g/mol. The lowest BCUT2D eigenvalue weighted by molar-refractivity contribution is -0.528. The van der Waals surface area contributed by atoms with Gasteiger partial charge in [-0.1, -0.05) is 75.4 Å². The first-order valence-electron chi connectivity index (χ1n) is 7.16. The van der Waals surface area contributed by atoms with Crippen LogP contribution in [0.25, 0.3) is 0 Å². The molecule has 0 saturated carbocycles. The Morgan fingerprint density at radius 1 is 1.00 bits per heavy atom. The largest absolute Gasteiger partial charge is 0.264 e. The normalized spacial score (nSPS) is 12.9. The van der Waals surface area contributed by atoms with Crippen LogP contribution in [0.1, 0.15) is 43.5 Å². The predicted molar refractivity (Wildman–Crippen MR) is 85.0 cm³/mol. The number of benzene rings is 2. The molecule has 2 aromatic carbocycles. The Balaban J connectivity index is 2.25. The van der Waals surface area contributed by atoms with E-state index < -0.39 is 6.04 Å². The smallest absolute Gasteiger partial charge is 0.242 e. The van der Waals surface area contributed by atoms with Gasteiger partial charge in [-0.25, -0.2) is 0 Å².